The monoisotopic (exact) mass is 782 g/mol. The van der Waals surface area contributed by atoms with E-state index in [9.17, 15) is 0 Å². The van der Waals surface area contributed by atoms with Crippen molar-refractivity contribution in [3.63, 3.8) is 0 Å². The van der Waals surface area contributed by atoms with Crippen LogP contribution in [0.4, 0.5) is 0 Å². The SMILES string of the molecule is CC(C)(C)OCC#C[Si](C)(C)C(C)(C)C.CC(C)(C)OCC#C[Si](c1ccccc1)(c1ccccc1)C(C)(C)C.CC(C)(C)OCCN=Cc1ccccc1. The minimum atomic E-state index is -2.29. The van der Waals surface area contributed by atoms with Crippen LogP contribution in [-0.2, 0) is 14.2 Å². The minimum absolute atomic E-state index is 0.0600. The Morgan fingerprint density at radius 1 is 0.509 bits per heavy atom. The van der Waals surface area contributed by atoms with E-state index in [4.69, 9.17) is 14.2 Å². The summed E-state index contributed by atoms with van der Waals surface area (Å²) in [5.41, 5.74) is 8.00. The minimum Gasteiger partial charge on any atom is -0.374 e. The molecule has 3 aromatic rings. The summed E-state index contributed by atoms with van der Waals surface area (Å²) in [5.74, 6) is 6.55. The van der Waals surface area contributed by atoms with E-state index in [2.05, 4.69) is 185 Å². The Kier molecular flexibility index (Phi) is 19.8. The predicted octanol–water partition coefficient (Wildman–Crippen LogP) is 11.2. The van der Waals surface area contributed by atoms with Crippen molar-refractivity contribution < 1.29 is 14.2 Å². The number of nitrogens with zero attached hydrogens (tertiary/aromatic N) is 1. The van der Waals surface area contributed by atoms with E-state index in [1.54, 1.807) is 0 Å². The predicted molar refractivity (Wildman–Crippen MR) is 246 cm³/mol. The van der Waals surface area contributed by atoms with Gasteiger partial charge in [0.25, 0.3) is 0 Å². The molecule has 0 aliphatic heterocycles. The van der Waals surface area contributed by atoms with E-state index in [0.717, 1.165) is 5.56 Å². The van der Waals surface area contributed by atoms with Gasteiger partial charge in [0, 0.05) is 6.21 Å². The Bertz CT molecular complexity index is 1620. The van der Waals surface area contributed by atoms with Crippen LogP contribution in [0, 0.1) is 22.9 Å². The molecule has 4 nitrogen and oxygen atoms in total. The van der Waals surface area contributed by atoms with Gasteiger partial charge < -0.3 is 14.2 Å². The van der Waals surface area contributed by atoms with Gasteiger partial charge in [0.05, 0.1) is 30.0 Å². The van der Waals surface area contributed by atoms with Crippen LogP contribution in [0.1, 0.15) is 109 Å². The summed E-state index contributed by atoms with van der Waals surface area (Å²) in [6.45, 7) is 39.3. The molecule has 0 bridgehead atoms. The first-order valence-corrected chi connectivity index (χ1v) is 24.8. The highest BCUT2D eigenvalue weighted by Crippen LogP contribution is 2.36. The molecule has 0 heterocycles. The van der Waals surface area contributed by atoms with Gasteiger partial charge in [-0.25, -0.2) is 0 Å². The van der Waals surface area contributed by atoms with E-state index in [0.29, 0.717) is 31.4 Å². The zero-order chi connectivity index (χ0) is 42.0. The Labute approximate surface area is 340 Å². The number of ether oxygens (including phenoxy) is 3. The van der Waals surface area contributed by atoms with Crippen LogP contribution in [0.5, 0.6) is 0 Å². The summed E-state index contributed by atoms with van der Waals surface area (Å²) in [5, 5.41) is 3.11. The van der Waals surface area contributed by atoms with Crippen molar-refractivity contribution in [3.8, 4) is 22.9 Å². The van der Waals surface area contributed by atoms with Gasteiger partial charge in [0.1, 0.15) is 21.3 Å². The second kappa shape index (κ2) is 21.9. The molecule has 0 saturated carbocycles. The van der Waals surface area contributed by atoms with Crippen LogP contribution >= 0.6 is 0 Å². The van der Waals surface area contributed by atoms with Gasteiger partial charge in [-0.3, -0.25) is 4.99 Å². The number of hydrogen-bond acceptors (Lipinski definition) is 4. The molecular formula is C49H75NO3Si2. The lowest BCUT2D eigenvalue weighted by Crippen LogP contribution is -2.63. The molecule has 0 atom stereocenters. The summed E-state index contributed by atoms with van der Waals surface area (Å²) in [6, 6.07) is 31.7. The normalized spacial score (nSPS) is 12.6. The average Bonchev–Trinajstić information content (AvgIpc) is 3.06. The van der Waals surface area contributed by atoms with Gasteiger partial charge in [-0.05, 0) is 88.3 Å². The molecule has 6 heteroatoms. The molecule has 0 aromatic heterocycles. The lowest BCUT2D eigenvalue weighted by Gasteiger charge is -2.39. The van der Waals surface area contributed by atoms with Crippen LogP contribution in [0.25, 0.3) is 0 Å². The standard InChI is InChI=1S/C23H30OSi.C13H19NO.C13H26OSi/c1-22(2,3)24-18-13-19-25(23(4,5)6,20-14-9-7-10-15-20)21-16-11-8-12-17-21;1-13(2,3)15-10-9-14-11-12-7-5-4-6-8-12;1-12(2,3)14-10-9-11-15(7,8)13(4,5)6/h7-12,14-17H,18H2,1-6H3;4-8,11H,9-10H2,1-3H3;10H2,1-8H3. The maximum absolute atomic E-state index is 5.86. The molecule has 0 aliphatic rings. The largest absolute Gasteiger partial charge is 0.374 e. The lowest BCUT2D eigenvalue weighted by molar-refractivity contribution is 0.00215. The van der Waals surface area contributed by atoms with Crippen LogP contribution in [0.3, 0.4) is 0 Å². The molecule has 0 aliphatic carbocycles. The summed E-state index contributed by atoms with van der Waals surface area (Å²) >= 11 is 0. The zero-order valence-corrected chi connectivity index (χ0v) is 39.7. The van der Waals surface area contributed by atoms with Crippen LogP contribution in [0.2, 0.25) is 23.2 Å². The van der Waals surface area contributed by atoms with Gasteiger partial charge in [0.2, 0.25) is 8.07 Å². The van der Waals surface area contributed by atoms with E-state index < -0.39 is 16.1 Å². The van der Waals surface area contributed by atoms with Crippen molar-refractivity contribution in [3.05, 3.63) is 96.6 Å². The first-order chi connectivity index (χ1) is 25.2. The van der Waals surface area contributed by atoms with Gasteiger partial charge in [0.15, 0.2) is 0 Å². The second-order valence-electron chi connectivity index (χ2n) is 19.4. The maximum atomic E-state index is 5.86. The highest BCUT2D eigenvalue weighted by atomic mass is 28.3. The number of rotatable bonds is 8. The highest BCUT2D eigenvalue weighted by Gasteiger charge is 2.47. The van der Waals surface area contributed by atoms with E-state index in [1.807, 2.05) is 57.3 Å². The fourth-order valence-electron chi connectivity index (χ4n) is 4.97. The number of benzene rings is 3. The molecule has 3 aromatic carbocycles. The molecule has 3 rings (SSSR count). The molecule has 0 amide bonds. The van der Waals surface area contributed by atoms with Gasteiger partial charge >= 0.3 is 0 Å². The smallest absolute Gasteiger partial charge is 0.204 e. The van der Waals surface area contributed by atoms with Crippen molar-refractivity contribution in [2.45, 2.75) is 144 Å². The van der Waals surface area contributed by atoms with Crippen LogP contribution in [-0.4, -0.2) is 65.5 Å². The molecule has 0 saturated heterocycles. The molecule has 0 unspecified atom stereocenters. The quantitative estimate of drug-likeness (QED) is 0.0989. The second-order valence-corrected chi connectivity index (χ2v) is 28.8. The zero-order valence-electron chi connectivity index (χ0n) is 37.7. The van der Waals surface area contributed by atoms with Gasteiger partial charge in [-0.2, -0.15) is 0 Å². The van der Waals surface area contributed by atoms with Crippen molar-refractivity contribution in [2.75, 3.05) is 26.4 Å². The first kappa shape index (κ1) is 49.8. The van der Waals surface area contributed by atoms with E-state index in [-0.39, 0.29) is 21.8 Å². The third-order valence-corrected chi connectivity index (χ3v) is 18.8. The molecule has 0 spiro atoms. The van der Waals surface area contributed by atoms with Gasteiger partial charge in [-0.1, -0.05) is 157 Å². The first-order valence-electron chi connectivity index (χ1n) is 19.8. The average molecular weight is 782 g/mol. The van der Waals surface area contributed by atoms with Crippen LogP contribution < -0.4 is 10.4 Å². The van der Waals surface area contributed by atoms with Crippen molar-refractivity contribution in [2.24, 2.45) is 4.99 Å². The molecule has 55 heavy (non-hydrogen) atoms. The molecular weight excluding hydrogens is 707 g/mol. The Morgan fingerprint density at radius 3 is 1.25 bits per heavy atom. The topological polar surface area (TPSA) is 40.0 Å². The molecule has 302 valence electrons. The number of aliphatic imine (C=N–C) groups is 1. The molecule has 0 fully saturated rings. The molecule has 0 N–H and O–H groups in total. The highest BCUT2D eigenvalue weighted by molar-refractivity contribution is 7.10. The van der Waals surface area contributed by atoms with Crippen molar-refractivity contribution >= 4 is 32.7 Å². The Hall–Kier alpha value is -3.24. The molecule has 0 radical (unpaired) electrons. The Balaban J connectivity index is 0.000000438. The van der Waals surface area contributed by atoms with E-state index in [1.165, 1.54) is 10.4 Å². The summed E-state index contributed by atoms with van der Waals surface area (Å²) in [4.78, 5) is 4.29. The Morgan fingerprint density at radius 2 is 0.891 bits per heavy atom. The van der Waals surface area contributed by atoms with E-state index >= 15 is 0 Å². The lowest BCUT2D eigenvalue weighted by atomic mass is 10.2. The summed E-state index contributed by atoms with van der Waals surface area (Å²) < 4.78 is 17.0. The fourth-order valence-corrected chi connectivity index (χ4v) is 10.3. The van der Waals surface area contributed by atoms with Crippen LogP contribution in [0.15, 0.2) is 96.0 Å². The summed E-state index contributed by atoms with van der Waals surface area (Å²) in [7, 11) is -3.73. The maximum Gasteiger partial charge on any atom is 0.204 e. The third kappa shape index (κ3) is 20.0. The van der Waals surface area contributed by atoms with Crippen molar-refractivity contribution in [1.29, 1.82) is 0 Å². The van der Waals surface area contributed by atoms with Crippen molar-refractivity contribution in [1.82, 2.24) is 0 Å². The fraction of sp³-hybridized carbons (Fsp3) is 0.531. The van der Waals surface area contributed by atoms with Gasteiger partial charge in [-0.15, -0.1) is 11.1 Å². The summed E-state index contributed by atoms with van der Waals surface area (Å²) in [6.07, 6.45) is 1.88. The number of hydrogen-bond donors (Lipinski definition) is 0. The third-order valence-electron chi connectivity index (χ3n) is 9.04.